The second kappa shape index (κ2) is 14.2. The number of aliphatic hydroxyl groups is 1. The summed E-state index contributed by atoms with van der Waals surface area (Å²) in [6, 6.07) is 13.1. The second-order valence-electron chi connectivity index (χ2n) is 13.9. The van der Waals surface area contributed by atoms with Gasteiger partial charge in [0, 0.05) is 23.1 Å². The maximum atomic E-state index is 15.3. The van der Waals surface area contributed by atoms with Crippen LogP contribution in [0, 0.1) is 31.6 Å². The number of fused-ring (bicyclic) bond motifs is 2. The zero-order valence-electron chi connectivity index (χ0n) is 28.3. The highest BCUT2D eigenvalue weighted by Gasteiger charge is 2.75. The summed E-state index contributed by atoms with van der Waals surface area (Å²) in [5.41, 5.74) is 1.66. The minimum absolute atomic E-state index is 0.0475. The Morgan fingerprint density at radius 1 is 1.00 bits per heavy atom. The van der Waals surface area contributed by atoms with Crippen LogP contribution in [0.4, 0.5) is 5.69 Å². The van der Waals surface area contributed by atoms with Crippen molar-refractivity contribution in [2.24, 2.45) is 17.8 Å². The van der Waals surface area contributed by atoms with Gasteiger partial charge in [0.05, 0.1) is 25.1 Å². The molecular weight excluding hydrogens is 690 g/mol. The molecule has 0 unspecified atom stereocenters. The van der Waals surface area contributed by atoms with Crippen molar-refractivity contribution < 1.29 is 33.8 Å². The number of hydrogen-bond acceptors (Lipinski definition) is 7. The number of aliphatic hydroxyl groups excluding tert-OH is 1. The van der Waals surface area contributed by atoms with E-state index < -0.39 is 53.6 Å². The number of rotatable bonds is 6. The Labute approximate surface area is 295 Å². The smallest absolute Gasteiger partial charge is 0.313 e. The Hall–Kier alpha value is -3.80. The summed E-state index contributed by atoms with van der Waals surface area (Å²) in [4.78, 5) is 60.5. The number of aryl methyl sites for hydroxylation is 2. The van der Waals surface area contributed by atoms with Gasteiger partial charge in [-0.15, -0.1) is 0 Å². The molecule has 0 radical (unpaired) electrons. The molecule has 6 rings (SSSR count). The fraction of sp³-hybridized carbons (Fsp3) is 0.474. The van der Waals surface area contributed by atoms with Crippen LogP contribution in [0.1, 0.15) is 55.9 Å². The minimum Gasteiger partial charge on any atom is -0.455 e. The average Bonchev–Trinajstić information content (AvgIpc) is 3.67. The minimum atomic E-state index is -1.49. The Balaban J connectivity index is 1.51. The number of cyclic esters (lactones) is 1. The van der Waals surface area contributed by atoms with Gasteiger partial charge in [-0.2, -0.15) is 0 Å². The molecule has 10 nitrogen and oxygen atoms in total. The molecule has 2 N–H and O–H groups in total. The predicted molar refractivity (Wildman–Crippen MR) is 187 cm³/mol. The third-order valence-electron chi connectivity index (χ3n) is 10.1. The first-order valence-corrected chi connectivity index (χ1v) is 17.8. The molecule has 2 saturated heterocycles. The Morgan fingerprint density at radius 3 is 2.39 bits per heavy atom. The van der Waals surface area contributed by atoms with E-state index in [9.17, 15) is 19.5 Å². The van der Waals surface area contributed by atoms with Crippen molar-refractivity contribution >= 4 is 45.3 Å². The zero-order chi connectivity index (χ0) is 35.0. The van der Waals surface area contributed by atoms with Crippen molar-refractivity contribution in [3.63, 3.8) is 0 Å². The van der Waals surface area contributed by atoms with Crippen LogP contribution >= 0.6 is 15.9 Å². The van der Waals surface area contributed by atoms with Crippen LogP contribution in [0.25, 0.3) is 0 Å². The molecule has 7 atom stereocenters. The Kier molecular flexibility index (Phi) is 10.2. The van der Waals surface area contributed by atoms with E-state index in [1.807, 2.05) is 88.4 Å². The number of allylic oxidation sites excluding steroid dienone is 1. The van der Waals surface area contributed by atoms with Gasteiger partial charge in [-0.3, -0.25) is 19.2 Å². The number of carbonyl (C=O) groups excluding carboxylic acids is 4. The first-order valence-electron chi connectivity index (χ1n) is 17.0. The van der Waals surface area contributed by atoms with Crippen LogP contribution in [0.3, 0.4) is 0 Å². The first kappa shape index (κ1) is 35.0. The average molecular weight is 735 g/mol. The van der Waals surface area contributed by atoms with Crippen molar-refractivity contribution in [1.82, 2.24) is 10.2 Å². The summed E-state index contributed by atoms with van der Waals surface area (Å²) in [7, 11) is 0. The number of ether oxygens (including phenoxy) is 2. The van der Waals surface area contributed by atoms with Gasteiger partial charge < -0.3 is 29.7 Å². The van der Waals surface area contributed by atoms with Gasteiger partial charge in [0.25, 0.3) is 5.91 Å². The molecule has 260 valence electrons. The molecule has 2 aromatic rings. The first-order chi connectivity index (χ1) is 23.5. The summed E-state index contributed by atoms with van der Waals surface area (Å²) < 4.78 is 13.4. The number of hydrogen-bond donors (Lipinski definition) is 2. The third kappa shape index (κ3) is 6.37. The molecule has 0 aliphatic carbocycles. The highest BCUT2D eigenvalue weighted by Crippen LogP contribution is 2.59. The molecule has 11 heteroatoms. The molecule has 4 heterocycles. The summed E-state index contributed by atoms with van der Waals surface area (Å²) >= 11 is 3.62. The van der Waals surface area contributed by atoms with Crippen molar-refractivity contribution in [3.05, 3.63) is 87.9 Å². The summed E-state index contributed by atoms with van der Waals surface area (Å²) in [5.74, 6) is -3.71. The summed E-state index contributed by atoms with van der Waals surface area (Å²) in [6.45, 7) is 7.73. The number of halogens is 1. The standard InChI is InChI=1S/C38H44BrN3O7/c1-22(2)18-26(21-43)42-34-36(46)41(32-23(3)12-11-13-24(32)4)17-10-6-9-16-29(44)40-20-28(25-14-7-5-8-15-25)48-37(47)30-31(35(42)45)38(34)19-27(39)33(30)49-38/h5-8,10-15,19,22,26,28,30-31,33-34,43H,9,16-18,20-21H2,1-4H3,(H,40,44)/b10-6-/t26-,28-,30-,31+,33-,34-,38+/m1/s1. The molecule has 4 aliphatic heterocycles. The van der Waals surface area contributed by atoms with E-state index in [4.69, 9.17) is 9.47 Å². The quantitative estimate of drug-likeness (QED) is 0.327. The number of benzene rings is 2. The summed E-state index contributed by atoms with van der Waals surface area (Å²) in [6.07, 6.45) is 4.92. The van der Waals surface area contributed by atoms with Gasteiger partial charge in [0.15, 0.2) is 0 Å². The third-order valence-corrected chi connectivity index (χ3v) is 10.8. The maximum absolute atomic E-state index is 15.3. The largest absolute Gasteiger partial charge is 0.455 e. The maximum Gasteiger partial charge on any atom is 0.313 e. The van der Waals surface area contributed by atoms with Gasteiger partial charge in [0.2, 0.25) is 11.8 Å². The molecule has 0 aromatic heterocycles. The lowest BCUT2D eigenvalue weighted by atomic mass is 9.74. The van der Waals surface area contributed by atoms with Gasteiger partial charge in [0.1, 0.15) is 29.8 Å². The lowest BCUT2D eigenvalue weighted by Gasteiger charge is -2.39. The van der Waals surface area contributed by atoms with Crippen LogP contribution in [0.2, 0.25) is 0 Å². The van der Waals surface area contributed by atoms with E-state index in [-0.39, 0.29) is 43.8 Å². The summed E-state index contributed by atoms with van der Waals surface area (Å²) in [5, 5.41) is 13.6. The van der Waals surface area contributed by atoms with Gasteiger partial charge in [-0.1, -0.05) is 90.5 Å². The van der Waals surface area contributed by atoms with E-state index in [0.29, 0.717) is 28.6 Å². The zero-order valence-corrected chi connectivity index (χ0v) is 29.9. The van der Waals surface area contributed by atoms with Crippen LogP contribution in [0.15, 0.2) is 71.2 Å². The van der Waals surface area contributed by atoms with Crippen LogP contribution in [0.5, 0.6) is 0 Å². The molecule has 5 bridgehead atoms. The van der Waals surface area contributed by atoms with Crippen LogP contribution < -0.4 is 10.2 Å². The lowest BCUT2D eigenvalue weighted by Crippen LogP contribution is -2.59. The van der Waals surface area contributed by atoms with E-state index in [1.54, 1.807) is 11.0 Å². The van der Waals surface area contributed by atoms with Crippen molar-refractivity contribution in [2.75, 3.05) is 24.6 Å². The van der Waals surface area contributed by atoms with E-state index in [1.165, 1.54) is 4.90 Å². The number of nitrogens with zero attached hydrogens (tertiary/aromatic N) is 2. The van der Waals surface area contributed by atoms with Gasteiger partial charge >= 0.3 is 5.97 Å². The molecular formula is C38H44BrN3O7. The molecule has 3 amide bonds. The normalized spacial score (nSPS) is 30.3. The van der Waals surface area contributed by atoms with Crippen LogP contribution in [-0.4, -0.2) is 77.2 Å². The number of likely N-dealkylation sites (tertiary alicyclic amines) is 1. The fourth-order valence-corrected chi connectivity index (χ4v) is 8.75. The highest BCUT2D eigenvalue weighted by molar-refractivity contribution is 9.11. The molecule has 1 spiro atoms. The van der Waals surface area contributed by atoms with Gasteiger partial charge in [-0.05, 0) is 55.4 Å². The number of nitrogens with one attached hydrogen (secondary N) is 1. The molecule has 0 saturated carbocycles. The van der Waals surface area contributed by atoms with E-state index in [2.05, 4.69) is 21.2 Å². The molecule has 4 aliphatic rings. The lowest BCUT2D eigenvalue weighted by molar-refractivity contribution is -0.160. The molecule has 2 aromatic carbocycles. The van der Waals surface area contributed by atoms with Crippen LogP contribution in [-0.2, 0) is 28.7 Å². The number of anilines is 1. The predicted octanol–water partition coefficient (Wildman–Crippen LogP) is 4.67. The van der Waals surface area contributed by atoms with Crippen molar-refractivity contribution in [1.29, 1.82) is 0 Å². The Morgan fingerprint density at radius 2 is 1.71 bits per heavy atom. The van der Waals surface area contributed by atoms with E-state index in [0.717, 1.165) is 11.1 Å². The molecule has 2 fully saturated rings. The number of para-hydroxylation sites is 1. The van der Waals surface area contributed by atoms with E-state index >= 15 is 4.79 Å². The fourth-order valence-electron chi connectivity index (χ4n) is 8.01. The monoisotopic (exact) mass is 733 g/mol. The number of carbonyl (C=O) groups is 4. The topological polar surface area (TPSA) is 125 Å². The van der Waals surface area contributed by atoms with Crippen molar-refractivity contribution in [3.8, 4) is 0 Å². The SMILES string of the molecule is Cc1cccc(C)c1N1C/C=C\CCC(=O)NC[C@H](c2ccccc2)OC(=O)[C@H]2[C@@H]3O[C@@]4(C=C3Br)[C@@H]2C(=O)N([C@@H](CO)CC(C)C)[C@@H]4C1=O. The number of amides is 3. The number of esters is 1. The van der Waals surface area contributed by atoms with Gasteiger partial charge in [-0.25, -0.2) is 0 Å². The second-order valence-corrected chi connectivity index (χ2v) is 14.8. The Bertz CT molecular complexity index is 1660. The highest BCUT2D eigenvalue weighted by atomic mass is 79.9. The van der Waals surface area contributed by atoms with Crippen molar-refractivity contribution in [2.45, 2.75) is 76.9 Å². The molecule has 49 heavy (non-hydrogen) atoms.